The summed E-state index contributed by atoms with van der Waals surface area (Å²) in [4.78, 5) is 2.48. The number of rotatable bonds is 1. The van der Waals surface area contributed by atoms with Gasteiger partial charge in [-0.2, -0.15) is 0 Å². The Morgan fingerprint density at radius 2 is 1.93 bits per heavy atom. The summed E-state index contributed by atoms with van der Waals surface area (Å²) in [6.07, 6.45) is 2.62. The molecular weight excluding hydrogens is 182 g/mol. The predicted molar refractivity (Wildman–Crippen MR) is 65.1 cm³/mol. The molecule has 1 nitrogen and oxygen atoms in total. The SMILES string of the molecule is CC1CCC(C)(c2ccccc2)CN1C. The molecule has 1 aliphatic rings. The summed E-state index contributed by atoms with van der Waals surface area (Å²) in [5.74, 6) is 0. The van der Waals surface area contributed by atoms with E-state index >= 15 is 0 Å². The van der Waals surface area contributed by atoms with E-state index in [-0.39, 0.29) is 0 Å². The van der Waals surface area contributed by atoms with Crippen molar-refractivity contribution in [3.63, 3.8) is 0 Å². The van der Waals surface area contributed by atoms with Gasteiger partial charge in [-0.3, -0.25) is 0 Å². The van der Waals surface area contributed by atoms with Gasteiger partial charge in [0.1, 0.15) is 0 Å². The van der Waals surface area contributed by atoms with Gasteiger partial charge in [-0.05, 0) is 32.4 Å². The van der Waals surface area contributed by atoms with Crippen molar-refractivity contribution in [1.82, 2.24) is 4.90 Å². The highest BCUT2D eigenvalue weighted by molar-refractivity contribution is 5.25. The molecule has 1 heteroatoms. The van der Waals surface area contributed by atoms with E-state index < -0.39 is 0 Å². The van der Waals surface area contributed by atoms with Crippen molar-refractivity contribution < 1.29 is 0 Å². The zero-order valence-electron chi connectivity index (χ0n) is 10.0. The summed E-state index contributed by atoms with van der Waals surface area (Å²) in [7, 11) is 2.24. The van der Waals surface area contributed by atoms with Gasteiger partial charge in [0.05, 0.1) is 0 Å². The fraction of sp³-hybridized carbons (Fsp3) is 0.571. The Hall–Kier alpha value is -0.820. The monoisotopic (exact) mass is 203 g/mol. The Kier molecular flexibility index (Phi) is 2.83. The highest BCUT2D eigenvalue weighted by Crippen LogP contribution is 2.34. The molecule has 1 heterocycles. The standard InChI is InChI=1S/C14H21N/c1-12-9-10-14(2,11-15(12)3)13-7-5-4-6-8-13/h4-8,12H,9-11H2,1-3H3. The molecule has 0 bridgehead atoms. The van der Waals surface area contributed by atoms with Gasteiger partial charge in [0, 0.05) is 18.0 Å². The third kappa shape index (κ3) is 2.07. The van der Waals surface area contributed by atoms with Crippen LogP contribution in [0.25, 0.3) is 0 Å². The third-order valence-electron chi connectivity index (χ3n) is 3.94. The number of hydrogen-bond donors (Lipinski definition) is 0. The normalized spacial score (nSPS) is 32.9. The molecule has 0 aliphatic carbocycles. The number of likely N-dealkylation sites (N-methyl/N-ethyl adjacent to an activating group) is 1. The molecule has 1 saturated heterocycles. The number of likely N-dealkylation sites (tertiary alicyclic amines) is 1. The van der Waals surface area contributed by atoms with Crippen molar-refractivity contribution in [3.05, 3.63) is 35.9 Å². The molecule has 82 valence electrons. The maximum atomic E-state index is 2.48. The molecule has 15 heavy (non-hydrogen) atoms. The number of benzene rings is 1. The zero-order chi connectivity index (χ0) is 10.9. The first-order chi connectivity index (χ1) is 7.12. The predicted octanol–water partition coefficient (Wildman–Crippen LogP) is 3.06. The second kappa shape index (κ2) is 3.97. The van der Waals surface area contributed by atoms with E-state index in [0.717, 1.165) is 6.04 Å². The van der Waals surface area contributed by atoms with Crippen LogP contribution in [0.1, 0.15) is 32.3 Å². The van der Waals surface area contributed by atoms with Gasteiger partial charge in [-0.1, -0.05) is 37.3 Å². The lowest BCUT2D eigenvalue weighted by molar-refractivity contribution is 0.133. The van der Waals surface area contributed by atoms with Crippen molar-refractivity contribution in [1.29, 1.82) is 0 Å². The lowest BCUT2D eigenvalue weighted by atomic mass is 9.74. The smallest absolute Gasteiger partial charge is 0.00757 e. The van der Waals surface area contributed by atoms with Crippen LogP contribution < -0.4 is 0 Å². The van der Waals surface area contributed by atoms with Crippen LogP contribution in [0.5, 0.6) is 0 Å². The maximum absolute atomic E-state index is 2.48. The van der Waals surface area contributed by atoms with E-state index in [0.29, 0.717) is 5.41 Å². The summed E-state index contributed by atoms with van der Waals surface area (Å²) in [6, 6.07) is 11.7. The molecular formula is C14H21N. The van der Waals surface area contributed by atoms with Crippen molar-refractivity contribution >= 4 is 0 Å². The zero-order valence-corrected chi connectivity index (χ0v) is 10.0. The van der Waals surface area contributed by atoms with Crippen LogP contribution in [0, 0.1) is 0 Å². The molecule has 0 N–H and O–H groups in total. The van der Waals surface area contributed by atoms with Gasteiger partial charge in [0.25, 0.3) is 0 Å². The van der Waals surface area contributed by atoms with E-state index in [1.54, 1.807) is 0 Å². The molecule has 1 aromatic rings. The van der Waals surface area contributed by atoms with Crippen molar-refractivity contribution in [2.75, 3.05) is 13.6 Å². The third-order valence-corrected chi connectivity index (χ3v) is 3.94. The minimum Gasteiger partial charge on any atom is -0.303 e. The van der Waals surface area contributed by atoms with E-state index in [9.17, 15) is 0 Å². The minimum absolute atomic E-state index is 0.350. The Morgan fingerprint density at radius 1 is 1.27 bits per heavy atom. The topological polar surface area (TPSA) is 3.24 Å². The van der Waals surface area contributed by atoms with Crippen molar-refractivity contribution in [3.8, 4) is 0 Å². The molecule has 0 saturated carbocycles. The Bertz CT molecular complexity index is 319. The fourth-order valence-electron chi connectivity index (χ4n) is 2.61. The van der Waals surface area contributed by atoms with Gasteiger partial charge in [-0.15, -0.1) is 0 Å². The summed E-state index contributed by atoms with van der Waals surface area (Å²) < 4.78 is 0. The van der Waals surface area contributed by atoms with Crippen LogP contribution in [0.3, 0.4) is 0 Å². The summed E-state index contributed by atoms with van der Waals surface area (Å²) in [5, 5.41) is 0. The van der Waals surface area contributed by atoms with Crippen molar-refractivity contribution in [2.45, 2.75) is 38.1 Å². The van der Waals surface area contributed by atoms with Gasteiger partial charge in [0.15, 0.2) is 0 Å². The molecule has 0 aromatic heterocycles. The minimum atomic E-state index is 0.350. The van der Waals surface area contributed by atoms with Gasteiger partial charge in [0.2, 0.25) is 0 Å². The maximum Gasteiger partial charge on any atom is 0.00757 e. The first-order valence-corrected chi connectivity index (χ1v) is 5.88. The Labute approximate surface area is 93.1 Å². The van der Waals surface area contributed by atoms with E-state index in [1.807, 2.05) is 0 Å². The quantitative estimate of drug-likeness (QED) is 0.678. The molecule has 1 fully saturated rings. The van der Waals surface area contributed by atoms with Crippen LogP contribution in [0.4, 0.5) is 0 Å². The fourth-order valence-corrected chi connectivity index (χ4v) is 2.61. The highest BCUT2D eigenvalue weighted by Gasteiger charge is 2.33. The largest absolute Gasteiger partial charge is 0.303 e. The van der Waals surface area contributed by atoms with Gasteiger partial charge >= 0.3 is 0 Å². The van der Waals surface area contributed by atoms with Gasteiger partial charge < -0.3 is 4.90 Å². The van der Waals surface area contributed by atoms with Crippen LogP contribution in [-0.2, 0) is 5.41 Å². The summed E-state index contributed by atoms with van der Waals surface area (Å²) in [5.41, 5.74) is 1.84. The molecule has 2 atom stereocenters. The first-order valence-electron chi connectivity index (χ1n) is 5.88. The lowest BCUT2D eigenvalue weighted by Crippen LogP contribution is -2.46. The molecule has 1 aliphatic heterocycles. The van der Waals surface area contributed by atoms with E-state index in [4.69, 9.17) is 0 Å². The highest BCUT2D eigenvalue weighted by atomic mass is 15.1. The summed E-state index contributed by atoms with van der Waals surface area (Å²) in [6.45, 7) is 5.90. The van der Waals surface area contributed by atoms with E-state index in [1.165, 1.54) is 24.9 Å². The van der Waals surface area contributed by atoms with Crippen LogP contribution in [-0.4, -0.2) is 24.5 Å². The Balaban J connectivity index is 2.21. The van der Waals surface area contributed by atoms with Crippen LogP contribution >= 0.6 is 0 Å². The number of piperidine rings is 1. The second-order valence-electron chi connectivity index (χ2n) is 5.23. The first kappa shape index (κ1) is 10.7. The molecule has 0 radical (unpaired) electrons. The van der Waals surface area contributed by atoms with Crippen LogP contribution in [0.2, 0.25) is 0 Å². The number of nitrogens with zero attached hydrogens (tertiary/aromatic N) is 1. The molecule has 0 spiro atoms. The van der Waals surface area contributed by atoms with E-state index in [2.05, 4.69) is 56.1 Å². The Morgan fingerprint density at radius 3 is 2.53 bits per heavy atom. The second-order valence-corrected chi connectivity index (χ2v) is 5.23. The van der Waals surface area contributed by atoms with Gasteiger partial charge in [-0.25, -0.2) is 0 Å². The molecule has 1 aromatic carbocycles. The molecule has 2 unspecified atom stereocenters. The van der Waals surface area contributed by atoms with Crippen molar-refractivity contribution in [2.24, 2.45) is 0 Å². The molecule has 0 amide bonds. The summed E-state index contributed by atoms with van der Waals surface area (Å²) >= 11 is 0. The molecule has 2 rings (SSSR count). The average Bonchev–Trinajstić information content (AvgIpc) is 2.26. The number of hydrogen-bond acceptors (Lipinski definition) is 1. The van der Waals surface area contributed by atoms with Crippen LogP contribution in [0.15, 0.2) is 30.3 Å². The average molecular weight is 203 g/mol. The lowest BCUT2D eigenvalue weighted by Gasteiger charge is -2.43.